The van der Waals surface area contributed by atoms with Crippen molar-refractivity contribution in [1.82, 2.24) is 5.43 Å². The monoisotopic (exact) mass is 268 g/mol. The van der Waals surface area contributed by atoms with Gasteiger partial charge in [0.2, 0.25) is 0 Å². The van der Waals surface area contributed by atoms with E-state index in [-0.39, 0.29) is 12.5 Å². The molecule has 0 unspecified atom stereocenters. The van der Waals surface area contributed by atoms with E-state index in [0.29, 0.717) is 5.75 Å². The maximum atomic E-state index is 11.6. The summed E-state index contributed by atoms with van der Waals surface area (Å²) in [5.74, 6) is 0.412. The van der Waals surface area contributed by atoms with Crippen LogP contribution in [0.3, 0.4) is 0 Å². The highest BCUT2D eigenvalue weighted by atomic mass is 16.5. The quantitative estimate of drug-likeness (QED) is 0.669. The van der Waals surface area contributed by atoms with Gasteiger partial charge in [0.05, 0.1) is 6.21 Å². The predicted molar refractivity (Wildman–Crippen MR) is 78.9 cm³/mol. The third-order valence-electron chi connectivity index (χ3n) is 2.65. The molecule has 1 amide bonds. The number of ether oxygens (including phenoxy) is 1. The van der Waals surface area contributed by atoms with Gasteiger partial charge in [-0.05, 0) is 24.1 Å². The molecule has 2 rings (SSSR count). The van der Waals surface area contributed by atoms with E-state index in [2.05, 4.69) is 10.5 Å². The van der Waals surface area contributed by atoms with E-state index in [4.69, 9.17) is 4.74 Å². The largest absolute Gasteiger partial charge is 0.483 e. The Bertz CT molecular complexity index is 594. The van der Waals surface area contributed by atoms with Crippen LogP contribution in [0, 0.1) is 6.92 Å². The summed E-state index contributed by atoms with van der Waals surface area (Å²) in [6.45, 7) is 1.87. The number of carbonyl (C=O) groups is 1. The van der Waals surface area contributed by atoms with E-state index in [1.165, 1.54) is 0 Å². The first-order valence-corrected chi connectivity index (χ1v) is 6.31. The molecular formula is C16H16N2O2. The van der Waals surface area contributed by atoms with Crippen molar-refractivity contribution in [3.63, 3.8) is 0 Å². The second-order valence-corrected chi connectivity index (χ2v) is 4.26. The lowest BCUT2D eigenvalue weighted by atomic mass is 10.2. The molecule has 0 atom stereocenters. The molecule has 0 aliphatic rings. The minimum atomic E-state index is -0.291. The van der Waals surface area contributed by atoms with E-state index in [0.717, 1.165) is 11.1 Å². The van der Waals surface area contributed by atoms with Crippen LogP contribution >= 0.6 is 0 Å². The van der Waals surface area contributed by atoms with Crippen molar-refractivity contribution in [2.75, 3.05) is 6.61 Å². The molecule has 20 heavy (non-hydrogen) atoms. The third-order valence-corrected chi connectivity index (χ3v) is 2.65. The average molecular weight is 268 g/mol. The molecule has 0 radical (unpaired) electrons. The first-order chi connectivity index (χ1) is 9.75. The molecule has 0 spiro atoms. The lowest BCUT2D eigenvalue weighted by molar-refractivity contribution is -0.123. The highest BCUT2D eigenvalue weighted by Crippen LogP contribution is 2.15. The van der Waals surface area contributed by atoms with E-state index >= 15 is 0 Å². The van der Waals surface area contributed by atoms with Crippen molar-refractivity contribution < 1.29 is 9.53 Å². The van der Waals surface area contributed by atoms with Crippen LogP contribution in [0.5, 0.6) is 5.75 Å². The first-order valence-electron chi connectivity index (χ1n) is 6.31. The number of nitrogens with one attached hydrogen (secondary N) is 1. The van der Waals surface area contributed by atoms with Gasteiger partial charge in [0.1, 0.15) is 5.75 Å². The highest BCUT2D eigenvalue weighted by molar-refractivity contribution is 5.82. The van der Waals surface area contributed by atoms with Crippen LogP contribution in [0.15, 0.2) is 59.7 Å². The van der Waals surface area contributed by atoms with E-state index in [9.17, 15) is 4.79 Å². The smallest absolute Gasteiger partial charge is 0.277 e. The van der Waals surface area contributed by atoms with Gasteiger partial charge in [-0.15, -0.1) is 0 Å². The molecule has 1 N–H and O–H groups in total. The van der Waals surface area contributed by atoms with Crippen molar-refractivity contribution >= 4 is 12.1 Å². The Morgan fingerprint density at radius 3 is 2.60 bits per heavy atom. The Morgan fingerprint density at radius 1 is 1.15 bits per heavy atom. The summed E-state index contributed by atoms with van der Waals surface area (Å²) < 4.78 is 5.42. The van der Waals surface area contributed by atoms with E-state index < -0.39 is 0 Å². The fourth-order valence-corrected chi connectivity index (χ4v) is 1.61. The minimum absolute atomic E-state index is 0.0585. The zero-order chi connectivity index (χ0) is 14.2. The van der Waals surface area contributed by atoms with Crippen LogP contribution in [0.4, 0.5) is 0 Å². The van der Waals surface area contributed by atoms with Crippen molar-refractivity contribution in [1.29, 1.82) is 0 Å². The second-order valence-electron chi connectivity index (χ2n) is 4.26. The molecule has 0 bridgehead atoms. The molecule has 0 fully saturated rings. The molecule has 0 saturated carbocycles. The Labute approximate surface area is 118 Å². The summed E-state index contributed by atoms with van der Waals surface area (Å²) in [5.41, 5.74) is 4.34. The fourth-order valence-electron chi connectivity index (χ4n) is 1.61. The maximum Gasteiger partial charge on any atom is 0.277 e. The molecule has 2 aromatic rings. The molecule has 0 saturated heterocycles. The summed E-state index contributed by atoms with van der Waals surface area (Å²) in [7, 11) is 0. The number of para-hydroxylation sites is 1. The number of carbonyl (C=O) groups excluding carboxylic acids is 1. The fraction of sp³-hybridized carbons (Fsp3) is 0.125. The molecule has 2 aromatic carbocycles. The van der Waals surface area contributed by atoms with E-state index in [1.54, 1.807) is 6.21 Å². The lowest BCUT2D eigenvalue weighted by Gasteiger charge is -2.07. The third kappa shape index (κ3) is 4.24. The van der Waals surface area contributed by atoms with Crippen molar-refractivity contribution in [3.05, 3.63) is 65.7 Å². The van der Waals surface area contributed by atoms with Gasteiger partial charge in [0.15, 0.2) is 6.61 Å². The van der Waals surface area contributed by atoms with Crippen LogP contribution in [0.1, 0.15) is 11.1 Å². The number of amides is 1. The number of aryl methyl sites for hydroxylation is 1. The topological polar surface area (TPSA) is 50.7 Å². The van der Waals surface area contributed by atoms with Gasteiger partial charge in [0, 0.05) is 0 Å². The summed E-state index contributed by atoms with van der Waals surface area (Å²) in [6.07, 6.45) is 1.59. The Balaban J connectivity index is 1.79. The maximum absolute atomic E-state index is 11.6. The van der Waals surface area contributed by atoms with Gasteiger partial charge in [0.25, 0.3) is 5.91 Å². The number of rotatable bonds is 5. The molecule has 4 heteroatoms. The number of benzene rings is 2. The summed E-state index contributed by atoms with van der Waals surface area (Å²) in [6, 6.07) is 17.1. The van der Waals surface area contributed by atoms with Gasteiger partial charge in [-0.25, -0.2) is 5.43 Å². The van der Waals surface area contributed by atoms with Crippen molar-refractivity contribution in [2.24, 2.45) is 5.10 Å². The normalized spacial score (nSPS) is 10.4. The molecule has 4 nitrogen and oxygen atoms in total. The summed E-state index contributed by atoms with van der Waals surface area (Å²) in [5, 5.41) is 3.87. The number of nitrogens with zero attached hydrogens (tertiary/aromatic N) is 1. The average Bonchev–Trinajstić information content (AvgIpc) is 2.47. The number of hydrogen-bond acceptors (Lipinski definition) is 3. The van der Waals surface area contributed by atoms with Gasteiger partial charge < -0.3 is 4.74 Å². The predicted octanol–water partition coefficient (Wildman–Crippen LogP) is 2.52. The SMILES string of the molecule is Cc1ccccc1OCC(=O)NN=Cc1ccccc1. The molecule has 0 aromatic heterocycles. The van der Waals surface area contributed by atoms with Crippen LogP contribution in [-0.2, 0) is 4.79 Å². The van der Waals surface area contributed by atoms with Gasteiger partial charge >= 0.3 is 0 Å². The minimum Gasteiger partial charge on any atom is -0.483 e. The number of hydrogen-bond donors (Lipinski definition) is 1. The highest BCUT2D eigenvalue weighted by Gasteiger charge is 2.02. The van der Waals surface area contributed by atoms with Gasteiger partial charge in [-0.1, -0.05) is 48.5 Å². The Morgan fingerprint density at radius 2 is 1.85 bits per heavy atom. The van der Waals surface area contributed by atoms with E-state index in [1.807, 2.05) is 61.5 Å². The van der Waals surface area contributed by atoms with Crippen LogP contribution < -0.4 is 10.2 Å². The van der Waals surface area contributed by atoms with Crippen LogP contribution in [0.25, 0.3) is 0 Å². The molecule has 0 heterocycles. The van der Waals surface area contributed by atoms with Gasteiger partial charge in [-0.3, -0.25) is 4.79 Å². The molecule has 0 aliphatic carbocycles. The van der Waals surface area contributed by atoms with Gasteiger partial charge in [-0.2, -0.15) is 5.10 Å². The Hall–Kier alpha value is -2.62. The summed E-state index contributed by atoms with van der Waals surface area (Å²) >= 11 is 0. The zero-order valence-electron chi connectivity index (χ0n) is 11.2. The molecule has 102 valence electrons. The first kappa shape index (κ1) is 13.8. The number of hydrazone groups is 1. The molecular weight excluding hydrogens is 252 g/mol. The summed E-state index contributed by atoms with van der Waals surface area (Å²) in [4.78, 5) is 11.6. The molecule has 0 aliphatic heterocycles. The Kier molecular flexibility index (Phi) is 4.89. The lowest BCUT2D eigenvalue weighted by Crippen LogP contribution is -2.24. The second kappa shape index (κ2) is 7.09. The zero-order valence-corrected chi connectivity index (χ0v) is 11.2. The van der Waals surface area contributed by atoms with Crippen molar-refractivity contribution in [2.45, 2.75) is 6.92 Å². The van der Waals surface area contributed by atoms with Crippen LogP contribution in [-0.4, -0.2) is 18.7 Å². The van der Waals surface area contributed by atoms with Crippen molar-refractivity contribution in [3.8, 4) is 5.75 Å². The van der Waals surface area contributed by atoms with Crippen LogP contribution in [0.2, 0.25) is 0 Å². The standard InChI is InChI=1S/C16H16N2O2/c1-13-7-5-6-10-15(13)20-12-16(19)18-17-11-14-8-3-2-4-9-14/h2-11H,12H2,1H3,(H,18,19).